The lowest BCUT2D eigenvalue weighted by atomic mass is 10.1. The second-order valence-electron chi connectivity index (χ2n) is 5.16. The Hall–Kier alpha value is -1.55. The molecule has 0 saturated carbocycles. The van der Waals surface area contributed by atoms with Gasteiger partial charge < -0.3 is 15.8 Å². The van der Waals surface area contributed by atoms with E-state index in [1.807, 2.05) is 0 Å². The second-order valence-corrected chi connectivity index (χ2v) is 5.16. The van der Waals surface area contributed by atoms with Crippen LogP contribution < -0.4 is 11.1 Å². The lowest BCUT2D eigenvalue weighted by Crippen LogP contribution is -2.28. The number of amides is 1. The number of benzene rings is 1. The van der Waals surface area contributed by atoms with Gasteiger partial charge in [-0.3, -0.25) is 4.79 Å². The van der Waals surface area contributed by atoms with E-state index in [0.717, 1.165) is 18.5 Å². The van der Waals surface area contributed by atoms with Crippen molar-refractivity contribution in [3.05, 3.63) is 24.3 Å². The molecule has 1 atom stereocenters. The average Bonchev–Trinajstić information content (AvgIpc) is 2.36. The van der Waals surface area contributed by atoms with E-state index >= 15 is 0 Å². The molecule has 0 aliphatic carbocycles. The highest BCUT2D eigenvalue weighted by molar-refractivity contribution is 5.93. The Morgan fingerprint density at radius 2 is 1.89 bits per heavy atom. The van der Waals surface area contributed by atoms with Gasteiger partial charge in [0.15, 0.2) is 0 Å². The lowest BCUT2D eigenvalue weighted by molar-refractivity contribution is -0.126. The molecule has 106 valence electrons. The molecular formula is C15H24N2O2. The Kier molecular flexibility index (Phi) is 6.36. The number of ether oxygens (including phenoxy) is 1. The summed E-state index contributed by atoms with van der Waals surface area (Å²) in [4.78, 5) is 11.9. The SMILES string of the molecule is CC(C)CCCOC(C)C(=O)Nc1ccc(N)cc1. The summed E-state index contributed by atoms with van der Waals surface area (Å²) in [5.41, 5.74) is 7.00. The first kappa shape index (κ1) is 15.5. The second kappa shape index (κ2) is 7.79. The third-order valence-corrected chi connectivity index (χ3v) is 2.84. The van der Waals surface area contributed by atoms with Gasteiger partial charge in [-0.1, -0.05) is 13.8 Å². The molecule has 1 amide bonds. The van der Waals surface area contributed by atoms with Crippen molar-refractivity contribution in [2.45, 2.75) is 39.7 Å². The molecular weight excluding hydrogens is 240 g/mol. The molecule has 4 nitrogen and oxygen atoms in total. The predicted molar refractivity (Wildman–Crippen MR) is 79.0 cm³/mol. The van der Waals surface area contributed by atoms with Crippen LogP contribution in [-0.4, -0.2) is 18.6 Å². The number of carbonyl (C=O) groups excluding carboxylic acids is 1. The molecule has 1 rings (SSSR count). The van der Waals surface area contributed by atoms with Crippen molar-refractivity contribution in [1.29, 1.82) is 0 Å². The van der Waals surface area contributed by atoms with E-state index in [9.17, 15) is 4.79 Å². The first-order chi connectivity index (χ1) is 8.99. The number of hydrogen-bond acceptors (Lipinski definition) is 3. The third kappa shape index (κ3) is 6.25. The van der Waals surface area contributed by atoms with Crippen LogP contribution in [0.3, 0.4) is 0 Å². The molecule has 0 fully saturated rings. The largest absolute Gasteiger partial charge is 0.399 e. The summed E-state index contributed by atoms with van der Waals surface area (Å²) in [6, 6.07) is 7.06. The van der Waals surface area contributed by atoms with Crippen LogP contribution >= 0.6 is 0 Å². The summed E-state index contributed by atoms with van der Waals surface area (Å²) in [5.74, 6) is 0.539. The first-order valence-corrected chi connectivity index (χ1v) is 6.77. The van der Waals surface area contributed by atoms with Gasteiger partial charge in [0.05, 0.1) is 0 Å². The van der Waals surface area contributed by atoms with Crippen LogP contribution in [0, 0.1) is 5.92 Å². The van der Waals surface area contributed by atoms with E-state index in [2.05, 4.69) is 19.2 Å². The molecule has 0 heterocycles. The molecule has 0 spiro atoms. The summed E-state index contributed by atoms with van der Waals surface area (Å²) in [6.07, 6.45) is 1.66. The lowest BCUT2D eigenvalue weighted by Gasteiger charge is -2.14. The van der Waals surface area contributed by atoms with Gasteiger partial charge in [-0.2, -0.15) is 0 Å². The fourth-order valence-electron chi connectivity index (χ4n) is 1.64. The summed E-state index contributed by atoms with van der Waals surface area (Å²) in [6.45, 7) is 6.74. The molecule has 0 aromatic heterocycles. The molecule has 0 aliphatic heterocycles. The molecule has 1 aromatic carbocycles. The van der Waals surface area contributed by atoms with Gasteiger partial charge in [-0.25, -0.2) is 0 Å². The monoisotopic (exact) mass is 264 g/mol. The van der Waals surface area contributed by atoms with E-state index in [-0.39, 0.29) is 5.91 Å². The molecule has 1 aromatic rings. The van der Waals surface area contributed by atoms with Crippen LogP contribution in [-0.2, 0) is 9.53 Å². The Bertz CT molecular complexity index is 388. The summed E-state index contributed by atoms with van der Waals surface area (Å²) in [7, 11) is 0. The van der Waals surface area contributed by atoms with Crippen molar-refractivity contribution in [3.8, 4) is 0 Å². The maximum Gasteiger partial charge on any atom is 0.253 e. The van der Waals surface area contributed by atoms with E-state index < -0.39 is 6.10 Å². The van der Waals surface area contributed by atoms with Gasteiger partial charge in [0.1, 0.15) is 6.10 Å². The molecule has 4 heteroatoms. The maximum absolute atomic E-state index is 11.9. The summed E-state index contributed by atoms with van der Waals surface area (Å²) in [5, 5.41) is 2.80. The number of hydrogen-bond donors (Lipinski definition) is 2. The van der Waals surface area contributed by atoms with Gasteiger partial charge in [0.25, 0.3) is 5.91 Å². The highest BCUT2D eigenvalue weighted by Gasteiger charge is 2.13. The highest BCUT2D eigenvalue weighted by Crippen LogP contribution is 2.11. The van der Waals surface area contributed by atoms with Gasteiger partial charge in [0, 0.05) is 18.0 Å². The number of rotatable bonds is 7. The normalized spacial score (nSPS) is 12.4. The van der Waals surface area contributed by atoms with E-state index in [1.165, 1.54) is 0 Å². The molecule has 0 saturated heterocycles. The highest BCUT2D eigenvalue weighted by atomic mass is 16.5. The average molecular weight is 264 g/mol. The minimum Gasteiger partial charge on any atom is -0.399 e. The Labute approximate surface area is 115 Å². The Morgan fingerprint density at radius 3 is 2.47 bits per heavy atom. The van der Waals surface area contributed by atoms with Crippen LogP contribution in [0.25, 0.3) is 0 Å². The first-order valence-electron chi connectivity index (χ1n) is 6.77. The topological polar surface area (TPSA) is 64.3 Å². The van der Waals surface area contributed by atoms with Crippen LogP contribution in [0.15, 0.2) is 24.3 Å². The van der Waals surface area contributed by atoms with E-state index in [4.69, 9.17) is 10.5 Å². The van der Waals surface area contributed by atoms with Crippen molar-refractivity contribution < 1.29 is 9.53 Å². The van der Waals surface area contributed by atoms with E-state index in [0.29, 0.717) is 18.2 Å². The van der Waals surface area contributed by atoms with Crippen molar-refractivity contribution in [2.24, 2.45) is 5.92 Å². The Morgan fingerprint density at radius 1 is 1.26 bits per heavy atom. The number of nitrogen functional groups attached to an aromatic ring is 1. The molecule has 0 radical (unpaired) electrons. The zero-order chi connectivity index (χ0) is 14.3. The summed E-state index contributed by atoms with van der Waals surface area (Å²) < 4.78 is 5.51. The number of nitrogens with one attached hydrogen (secondary N) is 1. The quantitative estimate of drug-likeness (QED) is 0.587. The van der Waals surface area contributed by atoms with Gasteiger partial charge in [0.2, 0.25) is 0 Å². The fraction of sp³-hybridized carbons (Fsp3) is 0.533. The van der Waals surface area contributed by atoms with Crippen LogP contribution in [0.1, 0.15) is 33.6 Å². The van der Waals surface area contributed by atoms with Crippen molar-refractivity contribution in [3.63, 3.8) is 0 Å². The van der Waals surface area contributed by atoms with Crippen molar-refractivity contribution >= 4 is 17.3 Å². The molecule has 3 N–H and O–H groups in total. The minimum atomic E-state index is -0.440. The predicted octanol–water partition coefficient (Wildman–Crippen LogP) is 3.05. The smallest absolute Gasteiger partial charge is 0.253 e. The fourth-order valence-corrected chi connectivity index (χ4v) is 1.64. The molecule has 19 heavy (non-hydrogen) atoms. The number of carbonyl (C=O) groups is 1. The minimum absolute atomic E-state index is 0.130. The van der Waals surface area contributed by atoms with Gasteiger partial charge in [-0.15, -0.1) is 0 Å². The third-order valence-electron chi connectivity index (χ3n) is 2.84. The Balaban J connectivity index is 2.30. The molecule has 0 aliphatic rings. The zero-order valence-electron chi connectivity index (χ0n) is 12.0. The van der Waals surface area contributed by atoms with Gasteiger partial charge >= 0.3 is 0 Å². The standard InChI is InChI=1S/C15H24N2O2/c1-11(2)5-4-10-19-12(3)15(18)17-14-8-6-13(16)7-9-14/h6-9,11-12H,4-5,10,16H2,1-3H3,(H,17,18). The number of nitrogens with two attached hydrogens (primary N) is 1. The zero-order valence-corrected chi connectivity index (χ0v) is 12.0. The van der Waals surface area contributed by atoms with Crippen molar-refractivity contribution in [1.82, 2.24) is 0 Å². The van der Waals surface area contributed by atoms with Crippen LogP contribution in [0.5, 0.6) is 0 Å². The van der Waals surface area contributed by atoms with Crippen LogP contribution in [0.2, 0.25) is 0 Å². The van der Waals surface area contributed by atoms with Crippen molar-refractivity contribution in [2.75, 3.05) is 17.7 Å². The summed E-state index contributed by atoms with van der Waals surface area (Å²) >= 11 is 0. The van der Waals surface area contributed by atoms with Crippen LogP contribution in [0.4, 0.5) is 11.4 Å². The molecule has 0 bridgehead atoms. The number of anilines is 2. The van der Waals surface area contributed by atoms with Gasteiger partial charge in [-0.05, 0) is 49.9 Å². The molecule has 1 unspecified atom stereocenters. The van der Waals surface area contributed by atoms with E-state index in [1.54, 1.807) is 31.2 Å². The maximum atomic E-state index is 11.9.